The first kappa shape index (κ1) is 15.8. The topological polar surface area (TPSA) is 63.8 Å². The molecule has 0 saturated heterocycles. The minimum absolute atomic E-state index is 0.131. The van der Waals surface area contributed by atoms with E-state index in [0.717, 1.165) is 9.33 Å². The predicted octanol–water partition coefficient (Wildman–Crippen LogP) is 3.38. The Balaban J connectivity index is 1.79. The van der Waals surface area contributed by atoms with Crippen LogP contribution in [0, 0.1) is 10.7 Å². The van der Waals surface area contributed by atoms with Crippen LogP contribution < -0.4 is 10.2 Å². The van der Waals surface area contributed by atoms with Crippen molar-refractivity contribution in [2.24, 2.45) is 5.10 Å². The van der Waals surface area contributed by atoms with Gasteiger partial charge in [0.15, 0.2) is 10.4 Å². The number of nitrogens with zero attached hydrogens (tertiary/aromatic N) is 1. The van der Waals surface area contributed by atoms with E-state index in [9.17, 15) is 4.79 Å². The van der Waals surface area contributed by atoms with Gasteiger partial charge in [-0.25, -0.2) is 5.43 Å². The van der Waals surface area contributed by atoms with Crippen molar-refractivity contribution in [3.63, 3.8) is 0 Å². The molecule has 1 aromatic heterocycles. The van der Waals surface area contributed by atoms with Crippen molar-refractivity contribution < 1.29 is 13.9 Å². The normalized spacial score (nSPS) is 10.8. The molecule has 1 heterocycles. The number of furan rings is 1. The number of carbonyl (C=O) groups is 1. The van der Waals surface area contributed by atoms with E-state index >= 15 is 0 Å². The molecule has 0 bridgehead atoms. The first-order chi connectivity index (χ1) is 10.0. The summed E-state index contributed by atoms with van der Waals surface area (Å²) in [5.41, 5.74) is 3.24. The van der Waals surface area contributed by atoms with E-state index in [0.29, 0.717) is 16.5 Å². The molecule has 2 aromatic rings. The second-order valence-corrected chi connectivity index (χ2v) is 5.61. The van der Waals surface area contributed by atoms with Gasteiger partial charge in [-0.05, 0) is 65.4 Å². The Morgan fingerprint density at radius 1 is 1.48 bits per heavy atom. The minimum atomic E-state index is -0.361. The fourth-order valence-electron chi connectivity index (χ4n) is 1.45. The average molecular weight is 419 g/mol. The number of ether oxygens (including phenoxy) is 1. The number of aryl methyl sites for hydroxylation is 1. The standard InChI is InChI=1S/C14H12ClIN2O3/c1-9-6-10(2-4-12(9)15)20-8-14(19)18-17-7-11-3-5-13(16)21-11/h2-7H,8H2,1H3,(H,18,19)/b17-7+. The number of hydrogen-bond donors (Lipinski definition) is 1. The molecule has 5 nitrogen and oxygen atoms in total. The van der Waals surface area contributed by atoms with Crippen molar-refractivity contribution in [3.8, 4) is 5.75 Å². The van der Waals surface area contributed by atoms with Gasteiger partial charge in [0.1, 0.15) is 11.5 Å². The molecule has 0 atom stereocenters. The van der Waals surface area contributed by atoms with Gasteiger partial charge in [0.05, 0.1) is 6.21 Å². The Bertz CT molecular complexity index is 670. The first-order valence-corrected chi connectivity index (χ1v) is 7.46. The molecule has 21 heavy (non-hydrogen) atoms. The Morgan fingerprint density at radius 2 is 2.29 bits per heavy atom. The third-order valence-electron chi connectivity index (χ3n) is 2.47. The first-order valence-electron chi connectivity index (χ1n) is 6.01. The van der Waals surface area contributed by atoms with Crippen molar-refractivity contribution in [1.82, 2.24) is 5.43 Å². The number of carbonyl (C=O) groups excluding carboxylic acids is 1. The molecule has 7 heteroatoms. The third-order valence-corrected chi connectivity index (χ3v) is 3.48. The van der Waals surface area contributed by atoms with Crippen molar-refractivity contribution in [3.05, 3.63) is 50.4 Å². The Kier molecular flexibility index (Phi) is 5.63. The monoisotopic (exact) mass is 418 g/mol. The van der Waals surface area contributed by atoms with E-state index in [1.807, 2.05) is 29.5 Å². The lowest BCUT2D eigenvalue weighted by molar-refractivity contribution is -0.123. The van der Waals surface area contributed by atoms with Crippen molar-refractivity contribution in [2.45, 2.75) is 6.92 Å². The Labute approximate surface area is 140 Å². The highest BCUT2D eigenvalue weighted by Gasteiger charge is 2.03. The van der Waals surface area contributed by atoms with Gasteiger partial charge in [0, 0.05) is 5.02 Å². The fourth-order valence-corrected chi connectivity index (χ4v) is 2.01. The molecule has 0 aliphatic heterocycles. The molecule has 0 aliphatic rings. The molecule has 0 radical (unpaired) electrons. The van der Waals surface area contributed by atoms with Gasteiger partial charge >= 0.3 is 0 Å². The number of nitrogens with one attached hydrogen (secondary N) is 1. The molecule has 1 amide bonds. The molecule has 1 aromatic carbocycles. The second-order valence-electron chi connectivity index (χ2n) is 4.13. The maximum absolute atomic E-state index is 11.6. The third kappa shape index (κ3) is 5.05. The lowest BCUT2D eigenvalue weighted by Crippen LogP contribution is -2.24. The summed E-state index contributed by atoms with van der Waals surface area (Å²) in [6.07, 6.45) is 1.42. The summed E-state index contributed by atoms with van der Waals surface area (Å²) < 4.78 is 11.4. The SMILES string of the molecule is Cc1cc(OCC(=O)N/N=C/c2ccc(I)o2)ccc1Cl. The van der Waals surface area contributed by atoms with E-state index in [1.165, 1.54) is 6.21 Å². The Hall–Kier alpha value is -1.54. The van der Waals surface area contributed by atoms with Crippen molar-refractivity contribution >= 4 is 46.3 Å². The summed E-state index contributed by atoms with van der Waals surface area (Å²) in [6.45, 7) is 1.73. The molecular weight excluding hydrogens is 407 g/mol. The van der Waals surface area contributed by atoms with Gasteiger partial charge in [-0.15, -0.1) is 0 Å². The summed E-state index contributed by atoms with van der Waals surface area (Å²) in [5, 5.41) is 4.43. The quantitative estimate of drug-likeness (QED) is 0.460. The van der Waals surface area contributed by atoms with Gasteiger partial charge in [-0.3, -0.25) is 4.79 Å². The summed E-state index contributed by atoms with van der Waals surface area (Å²) in [5.74, 6) is 0.783. The molecule has 110 valence electrons. The number of hydrogen-bond acceptors (Lipinski definition) is 4. The highest BCUT2D eigenvalue weighted by Crippen LogP contribution is 2.20. The fraction of sp³-hybridized carbons (Fsp3) is 0.143. The van der Waals surface area contributed by atoms with Crippen LogP contribution in [0.1, 0.15) is 11.3 Å². The van der Waals surface area contributed by atoms with E-state index in [1.54, 1.807) is 30.3 Å². The van der Waals surface area contributed by atoms with Crippen LogP contribution >= 0.6 is 34.2 Å². The molecule has 0 fully saturated rings. The van der Waals surface area contributed by atoms with Crippen molar-refractivity contribution in [1.29, 1.82) is 0 Å². The smallest absolute Gasteiger partial charge is 0.277 e. The maximum atomic E-state index is 11.6. The maximum Gasteiger partial charge on any atom is 0.277 e. The predicted molar refractivity (Wildman–Crippen MR) is 88.8 cm³/mol. The number of halogens is 2. The van der Waals surface area contributed by atoms with E-state index in [2.05, 4.69) is 10.5 Å². The van der Waals surface area contributed by atoms with Crippen LogP contribution in [0.3, 0.4) is 0 Å². The lowest BCUT2D eigenvalue weighted by atomic mass is 10.2. The molecule has 2 rings (SSSR count). The molecule has 0 spiro atoms. The second kappa shape index (κ2) is 7.46. The number of amides is 1. The zero-order valence-electron chi connectivity index (χ0n) is 11.1. The zero-order chi connectivity index (χ0) is 15.2. The summed E-state index contributed by atoms with van der Waals surface area (Å²) in [6, 6.07) is 8.75. The van der Waals surface area contributed by atoms with Gasteiger partial charge < -0.3 is 9.15 Å². The highest BCUT2D eigenvalue weighted by molar-refractivity contribution is 14.1. The molecule has 0 aliphatic carbocycles. The number of rotatable bonds is 5. The number of hydrazone groups is 1. The van der Waals surface area contributed by atoms with Crippen LogP contribution in [0.5, 0.6) is 5.75 Å². The van der Waals surface area contributed by atoms with Gasteiger partial charge in [-0.2, -0.15) is 5.10 Å². The molecule has 0 unspecified atom stereocenters. The van der Waals surface area contributed by atoms with E-state index in [-0.39, 0.29) is 12.5 Å². The van der Waals surface area contributed by atoms with Gasteiger partial charge in [0.2, 0.25) is 0 Å². The zero-order valence-corrected chi connectivity index (χ0v) is 14.0. The summed E-state index contributed by atoms with van der Waals surface area (Å²) in [7, 11) is 0. The van der Waals surface area contributed by atoms with Crippen LogP contribution in [0.2, 0.25) is 5.02 Å². The largest absolute Gasteiger partial charge is 0.484 e. The number of benzene rings is 1. The van der Waals surface area contributed by atoms with Crippen LogP contribution in [-0.4, -0.2) is 18.7 Å². The van der Waals surface area contributed by atoms with Crippen LogP contribution in [0.15, 0.2) is 39.9 Å². The average Bonchev–Trinajstić information content (AvgIpc) is 2.86. The highest BCUT2D eigenvalue weighted by atomic mass is 127. The van der Waals surface area contributed by atoms with Crippen LogP contribution in [-0.2, 0) is 4.79 Å². The van der Waals surface area contributed by atoms with Crippen LogP contribution in [0.4, 0.5) is 0 Å². The molecular formula is C14H12ClIN2O3. The van der Waals surface area contributed by atoms with E-state index < -0.39 is 0 Å². The van der Waals surface area contributed by atoms with Crippen molar-refractivity contribution in [2.75, 3.05) is 6.61 Å². The lowest BCUT2D eigenvalue weighted by Gasteiger charge is -2.06. The van der Waals surface area contributed by atoms with Gasteiger partial charge in [-0.1, -0.05) is 11.6 Å². The van der Waals surface area contributed by atoms with Gasteiger partial charge in [0.25, 0.3) is 5.91 Å². The summed E-state index contributed by atoms with van der Waals surface area (Å²) in [4.78, 5) is 11.6. The Morgan fingerprint density at radius 3 is 2.95 bits per heavy atom. The minimum Gasteiger partial charge on any atom is -0.484 e. The summed E-state index contributed by atoms with van der Waals surface area (Å²) >= 11 is 7.95. The molecule has 1 N–H and O–H groups in total. The molecule has 0 saturated carbocycles. The van der Waals surface area contributed by atoms with Crippen LogP contribution in [0.25, 0.3) is 0 Å². The van der Waals surface area contributed by atoms with E-state index in [4.69, 9.17) is 20.8 Å².